The molecule has 2 aromatic carbocycles. The van der Waals surface area contributed by atoms with E-state index in [1.165, 1.54) is 17.1 Å². The highest BCUT2D eigenvalue weighted by atomic mass is 16.4. The van der Waals surface area contributed by atoms with Crippen LogP contribution in [0.25, 0.3) is 6.08 Å². The van der Waals surface area contributed by atoms with Crippen molar-refractivity contribution in [1.29, 1.82) is 0 Å². The van der Waals surface area contributed by atoms with Crippen LogP contribution in [0.1, 0.15) is 42.6 Å². The number of rotatable bonds is 6. The van der Waals surface area contributed by atoms with Gasteiger partial charge < -0.3 is 19.6 Å². The normalized spacial score (nSPS) is 17.8. The lowest BCUT2D eigenvalue weighted by Crippen LogP contribution is -2.45. The molecular formula is C29H36N4O5. The van der Waals surface area contributed by atoms with Gasteiger partial charge in [-0.15, -0.1) is 0 Å². The maximum absolute atomic E-state index is 13.2. The Balaban J connectivity index is 0.000000748. The highest BCUT2D eigenvalue weighted by Gasteiger charge is 2.39. The first-order chi connectivity index (χ1) is 18.4. The third-order valence-corrected chi connectivity index (χ3v) is 6.26. The minimum absolute atomic E-state index is 0.167. The van der Waals surface area contributed by atoms with E-state index >= 15 is 0 Å². The number of piperazine rings is 1. The molecule has 38 heavy (non-hydrogen) atoms. The van der Waals surface area contributed by atoms with Crippen molar-refractivity contribution < 1.29 is 24.2 Å². The molecule has 0 spiro atoms. The summed E-state index contributed by atoms with van der Waals surface area (Å²) in [6.45, 7) is 7.03. The Hall–Kier alpha value is -3.98. The lowest BCUT2D eigenvalue weighted by atomic mass is 10.0. The molecule has 1 saturated carbocycles. The Morgan fingerprint density at radius 1 is 0.947 bits per heavy atom. The number of hydrazone groups is 1. The van der Waals surface area contributed by atoms with E-state index in [1.54, 1.807) is 31.3 Å². The minimum Gasteiger partial charge on any atom is -0.478 e. The lowest BCUT2D eigenvalue weighted by Gasteiger charge is -2.34. The van der Waals surface area contributed by atoms with Crippen molar-refractivity contribution in [3.63, 3.8) is 0 Å². The molecule has 2 aliphatic heterocycles. The van der Waals surface area contributed by atoms with Gasteiger partial charge in [-0.1, -0.05) is 26.0 Å². The number of ether oxygens (including phenoxy) is 1. The van der Waals surface area contributed by atoms with Crippen molar-refractivity contribution in [2.24, 2.45) is 11.0 Å². The van der Waals surface area contributed by atoms with Crippen LogP contribution in [-0.4, -0.2) is 74.4 Å². The molecule has 5 rings (SSSR count). The number of carboxylic acid groups (broad SMARTS) is 1. The molecule has 0 aromatic heterocycles. The molecule has 2 aromatic rings. The number of nitrogens with zero attached hydrogens (tertiary/aromatic N) is 4. The number of hydrogen-bond donors (Lipinski definition) is 1. The fourth-order valence-electron chi connectivity index (χ4n) is 4.18. The Kier molecular flexibility index (Phi) is 10.2. The van der Waals surface area contributed by atoms with E-state index in [1.807, 2.05) is 44.2 Å². The van der Waals surface area contributed by atoms with Crippen molar-refractivity contribution in [1.82, 2.24) is 4.90 Å². The average Bonchev–Trinajstić information content (AvgIpc) is 3.75. The van der Waals surface area contributed by atoms with E-state index < -0.39 is 5.97 Å². The fourth-order valence-corrected chi connectivity index (χ4v) is 4.18. The van der Waals surface area contributed by atoms with Gasteiger partial charge in [0.2, 0.25) is 6.41 Å². The fraction of sp³-hybridized carbons (Fsp3) is 0.379. The molecule has 3 aliphatic rings. The van der Waals surface area contributed by atoms with Crippen LogP contribution in [0, 0.1) is 5.92 Å². The predicted molar refractivity (Wildman–Crippen MR) is 150 cm³/mol. The van der Waals surface area contributed by atoms with Crippen LogP contribution in [0.2, 0.25) is 0 Å². The summed E-state index contributed by atoms with van der Waals surface area (Å²) in [6.07, 6.45) is 4.81. The lowest BCUT2D eigenvalue weighted by molar-refractivity contribution is -0.118. The molecule has 9 nitrogen and oxygen atoms in total. The van der Waals surface area contributed by atoms with Crippen LogP contribution >= 0.6 is 0 Å². The van der Waals surface area contributed by atoms with Gasteiger partial charge in [-0.3, -0.25) is 9.59 Å². The molecule has 1 N–H and O–H groups in total. The summed E-state index contributed by atoms with van der Waals surface area (Å²) in [7, 11) is 3.25. The third kappa shape index (κ3) is 6.86. The van der Waals surface area contributed by atoms with Crippen LogP contribution in [0.3, 0.4) is 0 Å². The molecule has 9 heteroatoms. The average molecular weight is 521 g/mol. The second-order valence-corrected chi connectivity index (χ2v) is 8.91. The molecule has 2 fully saturated rings. The van der Waals surface area contributed by atoms with Crippen molar-refractivity contribution in [2.45, 2.75) is 26.7 Å². The number of anilines is 2. The molecule has 0 radical (unpaired) electrons. The first-order valence-corrected chi connectivity index (χ1v) is 12.9. The van der Waals surface area contributed by atoms with Gasteiger partial charge in [0.1, 0.15) is 0 Å². The van der Waals surface area contributed by atoms with E-state index in [-0.39, 0.29) is 17.4 Å². The SMILES string of the molecule is CC.COC.O=CN1CCN(c2ccc(/C=C3\C(=O)N(c4ccc(C(=O)O)cc4)N=C3C3CC3)cc2)CC1. The van der Waals surface area contributed by atoms with Crippen molar-refractivity contribution in [3.8, 4) is 0 Å². The first-order valence-electron chi connectivity index (χ1n) is 12.9. The van der Waals surface area contributed by atoms with Gasteiger partial charge in [0.05, 0.1) is 22.5 Å². The second-order valence-electron chi connectivity index (χ2n) is 8.91. The van der Waals surface area contributed by atoms with Crippen molar-refractivity contribution >= 4 is 41.4 Å². The van der Waals surface area contributed by atoms with E-state index in [9.17, 15) is 14.4 Å². The predicted octanol–water partition coefficient (Wildman–Crippen LogP) is 4.15. The summed E-state index contributed by atoms with van der Waals surface area (Å²) >= 11 is 0. The molecule has 0 atom stereocenters. The molecule has 1 saturated heterocycles. The molecule has 2 amide bonds. The number of carboxylic acids is 1. The number of methoxy groups -OCH3 is 1. The van der Waals surface area contributed by atoms with Crippen LogP contribution < -0.4 is 9.91 Å². The number of benzene rings is 2. The summed E-state index contributed by atoms with van der Waals surface area (Å²) in [5, 5.41) is 15.1. The maximum atomic E-state index is 13.2. The van der Waals surface area contributed by atoms with Crippen LogP contribution in [-0.2, 0) is 14.3 Å². The summed E-state index contributed by atoms with van der Waals surface area (Å²) in [4.78, 5) is 39.3. The summed E-state index contributed by atoms with van der Waals surface area (Å²) < 4.78 is 4.25. The van der Waals surface area contributed by atoms with Gasteiger partial charge in [0.15, 0.2) is 0 Å². The van der Waals surface area contributed by atoms with Crippen molar-refractivity contribution in [2.75, 3.05) is 50.3 Å². The summed E-state index contributed by atoms with van der Waals surface area (Å²) in [5.41, 5.74) is 4.13. The molecule has 1 aliphatic carbocycles. The van der Waals surface area contributed by atoms with E-state index in [0.29, 0.717) is 24.4 Å². The molecular weight excluding hydrogens is 484 g/mol. The van der Waals surface area contributed by atoms with Gasteiger partial charge in [-0.2, -0.15) is 10.1 Å². The van der Waals surface area contributed by atoms with Gasteiger partial charge >= 0.3 is 5.97 Å². The van der Waals surface area contributed by atoms with E-state index in [2.05, 4.69) is 14.7 Å². The quantitative estimate of drug-likeness (QED) is 0.454. The Morgan fingerprint density at radius 2 is 1.50 bits per heavy atom. The van der Waals surface area contributed by atoms with Gasteiger partial charge in [-0.05, 0) is 60.9 Å². The first kappa shape index (κ1) is 28.6. The van der Waals surface area contributed by atoms with Crippen molar-refractivity contribution in [3.05, 3.63) is 65.2 Å². The highest BCUT2D eigenvalue weighted by molar-refractivity contribution is 6.33. The zero-order valence-electron chi connectivity index (χ0n) is 22.5. The molecule has 0 bridgehead atoms. The zero-order valence-corrected chi connectivity index (χ0v) is 22.5. The Labute approximate surface area is 224 Å². The minimum atomic E-state index is -1.01. The van der Waals surface area contributed by atoms with Gasteiger partial charge in [-0.25, -0.2) is 4.79 Å². The second kappa shape index (κ2) is 13.5. The standard InChI is InChI=1S/C25H24N4O4.C2H6O.C2H6/c30-16-27-11-13-28(14-12-27)20-7-1-17(2-8-20)15-22-23(18-3-4-18)26-29(24(22)31)21-9-5-19(6-10-21)25(32)33;1-3-2;1-2/h1-2,5-10,15-16,18H,3-4,11-14H2,(H,32,33);1-2H3;1-2H3/b22-15-;;. The Bertz CT molecular complexity index is 1160. The number of amides is 2. The topological polar surface area (TPSA) is 103 Å². The van der Waals surface area contributed by atoms with Crippen LogP contribution in [0.15, 0.2) is 59.2 Å². The van der Waals surface area contributed by atoms with E-state index in [4.69, 9.17) is 5.11 Å². The number of hydrogen-bond acceptors (Lipinski definition) is 6. The third-order valence-electron chi connectivity index (χ3n) is 6.26. The number of carbonyl (C=O) groups is 3. The summed E-state index contributed by atoms with van der Waals surface area (Å²) in [6, 6.07) is 14.2. The van der Waals surface area contributed by atoms with Gasteiger partial charge in [0, 0.05) is 52.0 Å². The number of aromatic carboxylic acids is 1. The largest absolute Gasteiger partial charge is 0.478 e. The van der Waals surface area contributed by atoms with Gasteiger partial charge in [0.25, 0.3) is 5.91 Å². The maximum Gasteiger partial charge on any atom is 0.335 e. The van der Waals surface area contributed by atoms with Crippen LogP contribution in [0.5, 0.6) is 0 Å². The molecule has 202 valence electrons. The Morgan fingerprint density at radius 3 is 2.00 bits per heavy atom. The molecule has 2 heterocycles. The van der Waals surface area contributed by atoms with Crippen LogP contribution in [0.4, 0.5) is 11.4 Å². The highest BCUT2D eigenvalue weighted by Crippen LogP contribution is 2.38. The zero-order chi connectivity index (χ0) is 27.7. The van der Waals surface area contributed by atoms with E-state index in [0.717, 1.165) is 49.3 Å². The number of carbonyl (C=O) groups excluding carboxylic acids is 2. The summed E-state index contributed by atoms with van der Waals surface area (Å²) in [5.74, 6) is -0.919. The monoisotopic (exact) mass is 520 g/mol. The molecule has 0 unspecified atom stereocenters. The smallest absolute Gasteiger partial charge is 0.335 e.